The zero-order chi connectivity index (χ0) is 17.6. The second kappa shape index (κ2) is 9.76. The summed E-state index contributed by atoms with van der Waals surface area (Å²) in [5.41, 5.74) is 1.75. The number of imidazole rings is 1. The van der Waals surface area contributed by atoms with Crippen LogP contribution in [0.25, 0.3) is 0 Å². The lowest BCUT2D eigenvalue weighted by molar-refractivity contribution is 0.601. The second-order valence-corrected chi connectivity index (χ2v) is 7.51. The van der Waals surface area contributed by atoms with Gasteiger partial charge in [-0.05, 0) is 24.1 Å². The maximum absolute atomic E-state index is 11.6. The Labute approximate surface area is 165 Å². The van der Waals surface area contributed by atoms with Gasteiger partial charge in [-0.15, -0.1) is 24.0 Å². The number of hydrogen-bond donors (Lipinski definition) is 2. The van der Waals surface area contributed by atoms with Crippen LogP contribution in [0.4, 0.5) is 0 Å². The number of rotatable bonds is 6. The first-order valence-electron chi connectivity index (χ1n) is 7.60. The van der Waals surface area contributed by atoms with Crippen LogP contribution >= 0.6 is 24.0 Å². The minimum Gasteiger partial charge on any atom is -0.355 e. The molecule has 0 radical (unpaired) electrons. The number of nitrogens with one attached hydrogen (secondary N) is 2. The minimum atomic E-state index is -3.18. The summed E-state index contributed by atoms with van der Waals surface area (Å²) in [4.78, 5) is 8.54. The summed E-state index contributed by atoms with van der Waals surface area (Å²) in [5, 5.41) is 6.44. The summed E-state index contributed by atoms with van der Waals surface area (Å²) in [6.07, 6.45) is 6.64. The maximum Gasteiger partial charge on any atom is 0.191 e. The summed E-state index contributed by atoms with van der Waals surface area (Å²) in [5.74, 6) is 0.694. The van der Waals surface area contributed by atoms with Crippen molar-refractivity contribution in [1.29, 1.82) is 0 Å². The Morgan fingerprint density at radius 2 is 2.08 bits per heavy atom. The fourth-order valence-corrected chi connectivity index (χ4v) is 3.33. The molecule has 0 aliphatic carbocycles. The van der Waals surface area contributed by atoms with Crippen molar-refractivity contribution in [2.45, 2.75) is 24.9 Å². The first-order valence-corrected chi connectivity index (χ1v) is 9.49. The Kier molecular flexibility index (Phi) is 8.36. The van der Waals surface area contributed by atoms with E-state index in [4.69, 9.17) is 0 Å². The number of aliphatic imine (C=N–C) groups is 1. The van der Waals surface area contributed by atoms with Crippen LogP contribution in [-0.2, 0) is 22.9 Å². The van der Waals surface area contributed by atoms with Crippen molar-refractivity contribution in [1.82, 2.24) is 20.2 Å². The van der Waals surface area contributed by atoms with Crippen LogP contribution in [0, 0.1) is 6.92 Å². The Morgan fingerprint density at radius 1 is 1.32 bits per heavy atom. The molecule has 0 amide bonds. The third-order valence-corrected chi connectivity index (χ3v) is 4.80. The standard InChI is InChI=1S/C16H23N5O2S.HI/c1-13-10-14(4-5-15(13)24(3,22)23)11-20-16(17-2)19-7-9-21-8-6-18-12-21;/h4-6,8,10,12H,7,9,11H2,1-3H3,(H2,17,19,20);1H. The van der Waals surface area contributed by atoms with Gasteiger partial charge in [0.05, 0.1) is 11.2 Å². The average Bonchev–Trinajstić information content (AvgIpc) is 3.02. The van der Waals surface area contributed by atoms with Crippen LogP contribution in [-0.4, -0.2) is 43.8 Å². The van der Waals surface area contributed by atoms with Crippen molar-refractivity contribution in [3.05, 3.63) is 48.0 Å². The summed E-state index contributed by atoms with van der Waals surface area (Å²) >= 11 is 0. The molecule has 2 aromatic rings. The molecule has 2 N–H and O–H groups in total. The third-order valence-electron chi connectivity index (χ3n) is 3.54. The molecular formula is C16H24IN5O2S. The highest BCUT2D eigenvalue weighted by atomic mass is 127. The number of aromatic nitrogens is 2. The van der Waals surface area contributed by atoms with Gasteiger partial charge in [0, 0.05) is 45.3 Å². The first kappa shape index (κ1) is 21.4. The van der Waals surface area contributed by atoms with Gasteiger partial charge >= 0.3 is 0 Å². The molecule has 1 aromatic heterocycles. The molecular weight excluding hydrogens is 453 g/mol. The number of nitrogens with zero attached hydrogens (tertiary/aromatic N) is 3. The highest BCUT2D eigenvalue weighted by Gasteiger charge is 2.10. The van der Waals surface area contributed by atoms with Crippen molar-refractivity contribution in [3.8, 4) is 0 Å². The van der Waals surface area contributed by atoms with E-state index in [1.54, 1.807) is 32.6 Å². The van der Waals surface area contributed by atoms with Gasteiger partial charge in [0.1, 0.15) is 0 Å². The largest absolute Gasteiger partial charge is 0.355 e. The molecule has 0 saturated heterocycles. The van der Waals surface area contributed by atoms with Crippen LogP contribution in [0.3, 0.4) is 0 Å². The Bertz CT molecular complexity index is 804. The fourth-order valence-electron chi connectivity index (χ4n) is 2.37. The molecule has 1 aromatic carbocycles. The van der Waals surface area contributed by atoms with Crippen molar-refractivity contribution in [2.24, 2.45) is 4.99 Å². The molecule has 0 aliphatic heterocycles. The molecule has 25 heavy (non-hydrogen) atoms. The summed E-state index contributed by atoms with van der Waals surface area (Å²) in [6, 6.07) is 5.34. The molecule has 9 heteroatoms. The Balaban J connectivity index is 0.00000312. The SMILES string of the molecule is CN=C(NCCn1ccnc1)NCc1ccc(S(C)(=O)=O)c(C)c1.I. The van der Waals surface area contributed by atoms with Gasteiger partial charge in [-0.25, -0.2) is 13.4 Å². The van der Waals surface area contributed by atoms with Crippen molar-refractivity contribution in [2.75, 3.05) is 19.8 Å². The third kappa shape index (κ3) is 6.65. The second-order valence-electron chi connectivity index (χ2n) is 5.53. The van der Waals surface area contributed by atoms with Crippen molar-refractivity contribution >= 4 is 39.8 Å². The molecule has 0 atom stereocenters. The van der Waals surface area contributed by atoms with Crippen molar-refractivity contribution < 1.29 is 8.42 Å². The lowest BCUT2D eigenvalue weighted by Gasteiger charge is -2.13. The van der Waals surface area contributed by atoms with Crippen LogP contribution in [0.5, 0.6) is 0 Å². The van der Waals surface area contributed by atoms with E-state index in [0.29, 0.717) is 17.4 Å². The van der Waals surface area contributed by atoms with Crippen molar-refractivity contribution in [3.63, 3.8) is 0 Å². The first-order chi connectivity index (χ1) is 11.4. The van der Waals surface area contributed by atoms with Gasteiger partial charge < -0.3 is 15.2 Å². The van der Waals surface area contributed by atoms with Gasteiger partial charge in [-0.1, -0.05) is 12.1 Å². The number of hydrogen-bond acceptors (Lipinski definition) is 4. The summed E-state index contributed by atoms with van der Waals surface area (Å²) in [7, 11) is -1.47. The quantitative estimate of drug-likeness (QED) is 0.375. The van der Waals surface area contributed by atoms with Gasteiger partial charge in [-0.3, -0.25) is 4.99 Å². The summed E-state index contributed by atoms with van der Waals surface area (Å²) < 4.78 is 25.3. The van der Waals surface area contributed by atoms with Gasteiger partial charge in [-0.2, -0.15) is 0 Å². The highest BCUT2D eigenvalue weighted by Crippen LogP contribution is 2.16. The van der Waals surface area contributed by atoms with E-state index >= 15 is 0 Å². The molecule has 0 unspecified atom stereocenters. The van der Waals surface area contributed by atoms with E-state index in [2.05, 4.69) is 20.6 Å². The van der Waals surface area contributed by atoms with E-state index in [0.717, 1.165) is 24.2 Å². The zero-order valence-electron chi connectivity index (χ0n) is 14.6. The number of guanidine groups is 1. The van der Waals surface area contributed by atoms with E-state index in [1.165, 1.54) is 6.26 Å². The molecule has 0 saturated carbocycles. The predicted octanol–water partition coefficient (Wildman–Crippen LogP) is 1.58. The molecule has 138 valence electrons. The van der Waals surface area contributed by atoms with Gasteiger partial charge in [0.2, 0.25) is 0 Å². The van der Waals surface area contributed by atoms with Gasteiger partial charge in [0.25, 0.3) is 0 Å². The van der Waals surface area contributed by atoms with E-state index in [1.807, 2.05) is 22.9 Å². The predicted molar refractivity (Wildman–Crippen MR) is 110 cm³/mol. The molecule has 0 fully saturated rings. The smallest absolute Gasteiger partial charge is 0.191 e. The lowest BCUT2D eigenvalue weighted by Crippen LogP contribution is -2.38. The summed E-state index contributed by atoms with van der Waals surface area (Å²) in [6.45, 7) is 3.89. The Morgan fingerprint density at radius 3 is 2.64 bits per heavy atom. The fraction of sp³-hybridized carbons (Fsp3) is 0.375. The lowest BCUT2D eigenvalue weighted by atomic mass is 10.1. The molecule has 7 nitrogen and oxygen atoms in total. The zero-order valence-corrected chi connectivity index (χ0v) is 17.7. The van der Waals surface area contributed by atoms with Crippen LogP contribution in [0.2, 0.25) is 0 Å². The maximum atomic E-state index is 11.6. The number of benzene rings is 1. The monoisotopic (exact) mass is 477 g/mol. The molecule has 0 aliphatic rings. The number of halogens is 1. The minimum absolute atomic E-state index is 0. The number of aryl methyl sites for hydroxylation is 1. The van der Waals surface area contributed by atoms with Crippen LogP contribution < -0.4 is 10.6 Å². The number of sulfone groups is 1. The van der Waals surface area contributed by atoms with E-state index in [-0.39, 0.29) is 24.0 Å². The molecule has 0 bridgehead atoms. The topological polar surface area (TPSA) is 88.4 Å². The van der Waals surface area contributed by atoms with Gasteiger partial charge in [0.15, 0.2) is 15.8 Å². The molecule has 1 heterocycles. The van der Waals surface area contributed by atoms with Crippen LogP contribution in [0.15, 0.2) is 46.8 Å². The normalized spacial score (nSPS) is 11.7. The van der Waals surface area contributed by atoms with E-state index < -0.39 is 9.84 Å². The molecule has 2 rings (SSSR count). The highest BCUT2D eigenvalue weighted by molar-refractivity contribution is 14.0. The van der Waals surface area contributed by atoms with Crippen LogP contribution in [0.1, 0.15) is 11.1 Å². The van der Waals surface area contributed by atoms with E-state index in [9.17, 15) is 8.42 Å². The molecule has 0 spiro atoms. The average molecular weight is 477 g/mol. The Hall–Kier alpha value is -1.62.